The highest BCUT2D eigenvalue weighted by Crippen LogP contribution is 2.20. The average molecular weight is 349 g/mol. The molecule has 0 aliphatic heterocycles. The Bertz CT molecular complexity index is 951. The number of ether oxygens (including phenoxy) is 1. The third-order valence-electron chi connectivity index (χ3n) is 4.23. The minimum Gasteiger partial charge on any atom is -0.496 e. The van der Waals surface area contributed by atoms with Crippen molar-refractivity contribution in [1.82, 2.24) is 5.32 Å². The fourth-order valence-corrected chi connectivity index (χ4v) is 2.86. The van der Waals surface area contributed by atoms with Crippen LogP contribution in [0.2, 0.25) is 0 Å². The van der Waals surface area contributed by atoms with Crippen molar-refractivity contribution in [1.29, 1.82) is 0 Å². The molecule has 0 unspecified atom stereocenters. The highest BCUT2D eigenvalue weighted by molar-refractivity contribution is 6.00. The third-order valence-corrected chi connectivity index (χ3v) is 4.23. The molecule has 5 nitrogen and oxygen atoms in total. The van der Waals surface area contributed by atoms with Crippen molar-refractivity contribution < 1.29 is 19.4 Å². The van der Waals surface area contributed by atoms with E-state index in [9.17, 15) is 14.7 Å². The van der Waals surface area contributed by atoms with Crippen LogP contribution in [-0.2, 0) is 11.2 Å². The molecular formula is C21H19NO4. The lowest BCUT2D eigenvalue weighted by Gasteiger charge is -2.16. The van der Waals surface area contributed by atoms with Gasteiger partial charge in [-0.05, 0) is 34.5 Å². The van der Waals surface area contributed by atoms with Crippen LogP contribution in [0, 0.1) is 0 Å². The van der Waals surface area contributed by atoms with E-state index in [2.05, 4.69) is 5.32 Å². The molecule has 0 aliphatic carbocycles. The lowest BCUT2D eigenvalue weighted by atomic mass is 10.0. The molecule has 5 heteroatoms. The Morgan fingerprint density at radius 3 is 2.42 bits per heavy atom. The fraction of sp³-hybridized carbons (Fsp3) is 0.143. The maximum absolute atomic E-state index is 12.5. The predicted molar refractivity (Wildman–Crippen MR) is 99.5 cm³/mol. The van der Waals surface area contributed by atoms with E-state index in [4.69, 9.17) is 4.74 Å². The number of benzene rings is 3. The molecule has 1 amide bonds. The Labute approximate surface area is 151 Å². The minimum atomic E-state index is -1.09. The average Bonchev–Trinajstić information content (AvgIpc) is 2.67. The third kappa shape index (κ3) is 3.83. The van der Waals surface area contributed by atoms with E-state index in [-0.39, 0.29) is 6.42 Å². The number of para-hydroxylation sites is 1. The van der Waals surface area contributed by atoms with Crippen LogP contribution in [0.25, 0.3) is 10.8 Å². The van der Waals surface area contributed by atoms with E-state index in [1.54, 1.807) is 24.3 Å². The quantitative estimate of drug-likeness (QED) is 0.716. The molecule has 0 radical (unpaired) electrons. The molecule has 1 atom stereocenters. The second-order valence-corrected chi connectivity index (χ2v) is 5.94. The number of carboxylic acids is 1. The number of carbonyl (C=O) groups excluding carboxylic acids is 1. The van der Waals surface area contributed by atoms with Crippen molar-refractivity contribution >= 4 is 22.6 Å². The highest BCUT2D eigenvalue weighted by Gasteiger charge is 2.22. The molecule has 132 valence electrons. The van der Waals surface area contributed by atoms with Crippen LogP contribution in [0.15, 0.2) is 66.7 Å². The monoisotopic (exact) mass is 349 g/mol. The molecule has 0 saturated heterocycles. The van der Waals surface area contributed by atoms with Gasteiger partial charge < -0.3 is 15.2 Å². The standard InChI is InChI=1S/C21H19NO4/c1-26-19-9-5-4-8-16(19)13-18(21(24)25)22-20(23)17-11-10-14-6-2-3-7-15(14)12-17/h2-12,18H,13H2,1H3,(H,22,23)(H,24,25)/t18-/m0/s1. The van der Waals surface area contributed by atoms with Gasteiger partial charge in [0.15, 0.2) is 0 Å². The molecule has 0 saturated carbocycles. The van der Waals surface area contributed by atoms with Crippen molar-refractivity contribution in [3.8, 4) is 5.75 Å². The molecule has 2 N–H and O–H groups in total. The molecule has 0 aromatic heterocycles. The first-order valence-electron chi connectivity index (χ1n) is 8.23. The Morgan fingerprint density at radius 2 is 1.69 bits per heavy atom. The number of nitrogens with one attached hydrogen (secondary N) is 1. The summed E-state index contributed by atoms with van der Waals surface area (Å²) in [6, 6.07) is 19.1. The van der Waals surface area contributed by atoms with Gasteiger partial charge in [0.1, 0.15) is 11.8 Å². The number of carbonyl (C=O) groups is 2. The molecule has 3 aromatic rings. The van der Waals surface area contributed by atoms with Crippen LogP contribution in [0.5, 0.6) is 5.75 Å². The Hall–Kier alpha value is -3.34. The number of rotatable bonds is 6. The van der Waals surface area contributed by atoms with Crippen LogP contribution >= 0.6 is 0 Å². The first kappa shape index (κ1) is 17.5. The summed E-state index contributed by atoms with van der Waals surface area (Å²) in [5.74, 6) is -0.915. The van der Waals surface area contributed by atoms with Crippen molar-refractivity contribution in [2.45, 2.75) is 12.5 Å². The molecule has 0 bridgehead atoms. The normalized spacial score (nSPS) is 11.7. The van der Waals surface area contributed by atoms with Gasteiger partial charge in [-0.3, -0.25) is 4.79 Å². The maximum atomic E-state index is 12.5. The van der Waals surface area contributed by atoms with Crippen molar-refractivity contribution in [3.05, 3.63) is 77.9 Å². The second-order valence-electron chi connectivity index (χ2n) is 5.94. The van der Waals surface area contributed by atoms with Crippen LogP contribution < -0.4 is 10.1 Å². The molecule has 0 heterocycles. The zero-order valence-corrected chi connectivity index (χ0v) is 14.3. The molecule has 0 fully saturated rings. The van der Waals surface area contributed by atoms with Crippen LogP contribution in [-0.4, -0.2) is 30.1 Å². The van der Waals surface area contributed by atoms with Crippen LogP contribution in [0.3, 0.4) is 0 Å². The smallest absolute Gasteiger partial charge is 0.326 e. The summed E-state index contributed by atoms with van der Waals surface area (Å²) in [5.41, 5.74) is 1.15. The summed E-state index contributed by atoms with van der Waals surface area (Å²) in [6.07, 6.45) is 0.138. The molecule has 3 rings (SSSR count). The van der Waals surface area contributed by atoms with Gasteiger partial charge in [-0.2, -0.15) is 0 Å². The van der Waals surface area contributed by atoms with Gasteiger partial charge in [-0.15, -0.1) is 0 Å². The lowest BCUT2D eigenvalue weighted by Crippen LogP contribution is -2.42. The van der Waals surface area contributed by atoms with Gasteiger partial charge in [-0.1, -0.05) is 48.5 Å². The van der Waals surface area contributed by atoms with E-state index >= 15 is 0 Å². The summed E-state index contributed by atoms with van der Waals surface area (Å²) < 4.78 is 5.26. The van der Waals surface area contributed by atoms with E-state index in [1.165, 1.54) is 7.11 Å². The van der Waals surface area contributed by atoms with Gasteiger partial charge in [0, 0.05) is 12.0 Å². The van der Waals surface area contributed by atoms with Gasteiger partial charge in [0.25, 0.3) is 5.91 Å². The first-order valence-corrected chi connectivity index (χ1v) is 8.23. The highest BCUT2D eigenvalue weighted by atomic mass is 16.5. The lowest BCUT2D eigenvalue weighted by molar-refractivity contribution is -0.139. The van der Waals surface area contributed by atoms with Gasteiger partial charge in [0.05, 0.1) is 7.11 Å². The largest absolute Gasteiger partial charge is 0.496 e. The number of hydrogen-bond acceptors (Lipinski definition) is 3. The zero-order chi connectivity index (χ0) is 18.5. The molecular weight excluding hydrogens is 330 g/mol. The number of amides is 1. The number of carboxylic acid groups (broad SMARTS) is 1. The predicted octanol–water partition coefficient (Wildman–Crippen LogP) is 3.27. The number of methoxy groups -OCH3 is 1. The maximum Gasteiger partial charge on any atom is 0.326 e. The van der Waals surface area contributed by atoms with E-state index in [0.717, 1.165) is 16.3 Å². The molecule has 0 spiro atoms. The zero-order valence-electron chi connectivity index (χ0n) is 14.3. The fourth-order valence-electron chi connectivity index (χ4n) is 2.86. The van der Waals surface area contributed by atoms with Crippen molar-refractivity contribution in [2.75, 3.05) is 7.11 Å². The number of fused-ring (bicyclic) bond motifs is 1. The Balaban J connectivity index is 1.80. The molecule has 26 heavy (non-hydrogen) atoms. The topological polar surface area (TPSA) is 75.6 Å². The Morgan fingerprint density at radius 1 is 1.00 bits per heavy atom. The van der Waals surface area contributed by atoms with E-state index < -0.39 is 17.9 Å². The Kier molecular flexibility index (Phi) is 5.17. The van der Waals surface area contributed by atoms with E-state index in [1.807, 2.05) is 42.5 Å². The van der Waals surface area contributed by atoms with Gasteiger partial charge in [-0.25, -0.2) is 4.79 Å². The molecule has 0 aliphatic rings. The summed E-state index contributed by atoms with van der Waals surface area (Å²) in [4.78, 5) is 24.2. The number of aliphatic carboxylic acids is 1. The van der Waals surface area contributed by atoms with Crippen molar-refractivity contribution in [3.63, 3.8) is 0 Å². The summed E-state index contributed by atoms with van der Waals surface area (Å²) in [5, 5.41) is 14.1. The van der Waals surface area contributed by atoms with Gasteiger partial charge in [0.2, 0.25) is 0 Å². The number of hydrogen-bond donors (Lipinski definition) is 2. The SMILES string of the molecule is COc1ccccc1C[C@H](NC(=O)c1ccc2ccccc2c1)C(=O)O. The first-order chi connectivity index (χ1) is 12.6. The minimum absolute atomic E-state index is 0.138. The van der Waals surface area contributed by atoms with Crippen LogP contribution in [0.1, 0.15) is 15.9 Å². The van der Waals surface area contributed by atoms with Gasteiger partial charge >= 0.3 is 5.97 Å². The second kappa shape index (κ2) is 7.70. The summed E-state index contributed by atoms with van der Waals surface area (Å²) in [6.45, 7) is 0. The summed E-state index contributed by atoms with van der Waals surface area (Å²) >= 11 is 0. The van der Waals surface area contributed by atoms with Crippen LogP contribution in [0.4, 0.5) is 0 Å². The van der Waals surface area contributed by atoms with Crippen molar-refractivity contribution in [2.24, 2.45) is 0 Å². The summed E-state index contributed by atoms with van der Waals surface area (Å²) in [7, 11) is 1.53. The molecule has 3 aromatic carbocycles. The van der Waals surface area contributed by atoms with E-state index in [0.29, 0.717) is 11.3 Å².